The second kappa shape index (κ2) is 7.32. The Labute approximate surface area is 125 Å². The number of hydrogen-bond donors (Lipinski definition) is 1. The molecular weight excluding hydrogens is 272 g/mol. The Bertz CT molecular complexity index is 456. The molecule has 1 unspecified atom stereocenters. The topological polar surface area (TPSA) is 35.2 Å². The van der Waals surface area contributed by atoms with Crippen LogP contribution in [0.3, 0.4) is 0 Å². The second-order valence-electron chi connectivity index (χ2n) is 5.94. The molecule has 2 nitrogen and oxygen atoms in total. The van der Waals surface area contributed by atoms with Crippen molar-refractivity contribution in [2.24, 2.45) is 5.73 Å². The quantitative estimate of drug-likeness (QED) is 0.835. The first-order valence-corrected chi connectivity index (χ1v) is 7.91. The standard InChI is InChI=1S/C17H25F2NO/c1-2-21-17(10-5-3-4-6-11-17)15(20)12-13-8-7-9-14(18)16(13)19/h7-9,15H,2-6,10-12,20H2,1H3. The van der Waals surface area contributed by atoms with Crippen LogP contribution in [0.4, 0.5) is 8.78 Å². The van der Waals surface area contributed by atoms with Crippen LogP contribution in [0, 0.1) is 11.6 Å². The molecule has 1 aromatic rings. The van der Waals surface area contributed by atoms with Crippen LogP contribution in [0.5, 0.6) is 0 Å². The highest BCUT2D eigenvalue weighted by Gasteiger charge is 2.38. The molecule has 21 heavy (non-hydrogen) atoms. The molecule has 0 spiro atoms. The summed E-state index contributed by atoms with van der Waals surface area (Å²) in [6.45, 7) is 2.56. The van der Waals surface area contributed by atoms with Crippen molar-refractivity contribution in [3.05, 3.63) is 35.4 Å². The molecule has 4 heteroatoms. The van der Waals surface area contributed by atoms with Gasteiger partial charge in [0.15, 0.2) is 11.6 Å². The first-order valence-electron chi connectivity index (χ1n) is 7.91. The van der Waals surface area contributed by atoms with E-state index >= 15 is 0 Å². The molecule has 2 N–H and O–H groups in total. The third-order valence-electron chi connectivity index (χ3n) is 4.53. The van der Waals surface area contributed by atoms with Gasteiger partial charge in [0.1, 0.15) is 0 Å². The van der Waals surface area contributed by atoms with E-state index in [0.717, 1.165) is 31.7 Å². The Morgan fingerprint density at radius 3 is 2.48 bits per heavy atom. The van der Waals surface area contributed by atoms with E-state index in [-0.39, 0.29) is 6.04 Å². The van der Waals surface area contributed by atoms with Gasteiger partial charge in [-0.2, -0.15) is 0 Å². The normalized spacial score (nSPS) is 20.0. The largest absolute Gasteiger partial charge is 0.374 e. The Morgan fingerprint density at radius 1 is 1.19 bits per heavy atom. The van der Waals surface area contributed by atoms with Gasteiger partial charge in [0.05, 0.1) is 5.60 Å². The van der Waals surface area contributed by atoms with Gasteiger partial charge in [-0.15, -0.1) is 0 Å². The lowest BCUT2D eigenvalue weighted by molar-refractivity contribution is -0.0684. The van der Waals surface area contributed by atoms with Gasteiger partial charge >= 0.3 is 0 Å². The Kier molecular flexibility index (Phi) is 5.71. The lowest BCUT2D eigenvalue weighted by atomic mass is 9.83. The summed E-state index contributed by atoms with van der Waals surface area (Å²) in [7, 11) is 0. The van der Waals surface area contributed by atoms with E-state index in [2.05, 4.69) is 0 Å². The molecular formula is C17H25F2NO. The maximum atomic E-state index is 13.8. The molecule has 1 saturated carbocycles. The lowest BCUT2D eigenvalue weighted by Gasteiger charge is -2.38. The molecule has 1 aliphatic carbocycles. The van der Waals surface area contributed by atoms with Crippen molar-refractivity contribution >= 4 is 0 Å². The minimum Gasteiger partial charge on any atom is -0.374 e. The summed E-state index contributed by atoms with van der Waals surface area (Å²) in [5.74, 6) is -1.60. The molecule has 1 atom stereocenters. The van der Waals surface area contributed by atoms with Gasteiger partial charge in [0.25, 0.3) is 0 Å². The van der Waals surface area contributed by atoms with E-state index < -0.39 is 17.2 Å². The first kappa shape index (κ1) is 16.4. The van der Waals surface area contributed by atoms with Gasteiger partial charge in [-0.3, -0.25) is 0 Å². The summed E-state index contributed by atoms with van der Waals surface area (Å²) in [5.41, 5.74) is 6.32. The highest BCUT2D eigenvalue weighted by Crippen LogP contribution is 2.34. The van der Waals surface area contributed by atoms with Gasteiger partial charge in [0.2, 0.25) is 0 Å². The minimum atomic E-state index is -0.814. The number of rotatable bonds is 5. The average Bonchev–Trinajstić information content (AvgIpc) is 2.71. The van der Waals surface area contributed by atoms with Crippen LogP contribution in [0.2, 0.25) is 0 Å². The van der Waals surface area contributed by atoms with Gasteiger partial charge in [-0.25, -0.2) is 8.78 Å². The molecule has 1 aromatic carbocycles. The summed E-state index contributed by atoms with van der Waals surface area (Å²) in [4.78, 5) is 0. The van der Waals surface area contributed by atoms with Gasteiger partial charge in [-0.1, -0.05) is 37.8 Å². The molecule has 1 aliphatic rings. The summed E-state index contributed by atoms with van der Waals surface area (Å²) in [6, 6.07) is 3.95. The maximum Gasteiger partial charge on any atom is 0.162 e. The van der Waals surface area contributed by atoms with Crippen LogP contribution in [-0.2, 0) is 11.2 Å². The van der Waals surface area contributed by atoms with E-state index in [1.807, 2.05) is 6.92 Å². The van der Waals surface area contributed by atoms with Gasteiger partial charge in [-0.05, 0) is 37.8 Å². The zero-order valence-corrected chi connectivity index (χ0v) is 12.7. The number of halogens is 2. The fraction of sp³-hybridized carbons (Fsp3) is 0.647. The molecule has 0 radical (unpaired) electrons. The van der Waals surface area contributed by atoms with Gasteiger partial charge < -0.3 is 10.5 Å². The maximum absolute atomic E-state index is 13.8. The summed E-state index contributed by atoms with van der Waals surface area (Å²) >= 11 is 0. The third-order valence-corrected chi connectivity index (χ3v) is 4.53. The molecule has 1 fully saturated rings. The highest BCUT2D eigenvalue weighted by molar-refractivity contribution is 5.21. The molecule has 0 amide bonds. The summed E-state index contributed by atoms with van der Waals surface area (Å²) < 4.78 is 33.2. The molecule has 2 rings (SSSR count). The summed E-state index contributed by atoms with van der Waals surface area (Å²) in [5, 5.41) is 0. The number of nitrogens with two attached hydrogens (primary N) is 1. The molecule has 0 saturated heterocycles. The van der Waals surface area contributed by atoms with Crippen molar-refractivity contribution in [3.63, 3.8) is 0 Å². The van der Waals surface area contributed by atoms with Crippen LogP contribution in [-0.4, -0.2) is 18.2 Å². The molecule has 118 valence electrons. The zero-order chi connectivity index (χ0) is 15.3. The van der Waals surface area contributed by atoms with E-state index in [1.54, 1.807) is 6.07 Å². The van der Waals surface area contributed by atoms with E-state index in [0.29, 0.717) is 18.6 Å². The number of ether oxygens (including phenoxy) is 1. The van der Waals surface area contributed by atoms with Crippen molar-refractivity contribution in [1.29, 1.82) is 0 Å². The third kappa shape index (κ3) is 3.80. The van der Waals surface area contributed by atoms with Crippen molar-refractivity contribution in [3.8, 4) is 0 Å². The number of hydrogen-bond acceptors (Lipinski definition) is 2. The van der Waals surface area contributed by atoms with E-state index in [1.165, 1.54) is 18.9 Å². The average molecular weight is 297 g/mol. The van der Waals surface area contributed by atoms with E-state index in [4.69, 9.17) is 10.5 Å². The number of benzene rings is 1. The predicted molar refractivity (Wildman–Crippen MR) is 80.1 cm³/mol. The predicted octanol–water partition coefficient (Wildman–Crippen LogP) is 3.96. The molecule has 0 aliphatic heterocycles. The molecule has 0 bridgehead atoms. The summed E-state index contributed by atoms with van der Waals surface area (Å²) in [6.07, 6.45) is 6.66. The first-order chi connectivity index (χ1) is 10.1. The molecule has 0 heterocycles. The van der Waals surface area contributed by atoms with Crippen LogP contribution in [0.1, 0.15) is 51.0 Å². The SMILES string of the molecule is CCOC1(C(N)Cc2cccc(F)c2F)CCCCCC1. The van der Waals surface area contributed by atoms with Crippen LogP contribution in [0.25, 0.3) is 0 Å². The fourth-order valence-electron chi connectivity index (χ4n) is 3.37. The Hall–Kier alpha value is -1.00. The van der Waals surface area contributed by atoms with Gasteiger partial charge in [0, 0.05) is 12.6 Å². The van der Waals surface area contributed by atoms with Crippen LogP contribution < -0.4 is 5.73 Å². The minimum absolute atomic E-state index is 0.309. The highest BCUT2D eigenvalue weighted by atomic mass is 19.2. The lowest BCUT2D eigenvalue weighted by Crippen LogP contribution is -2.51. The fourth-order valence-corrected chi connectivity index (χ4v) is 3.37. The van der Waals surface area contributed by atoms with Crippen molar-refractivity contribution < 1.29 is 13.5 Å². The van der Waals surface area contributed by atoms with Crippen molar-refractivity contribution in [1.82, 2.24) is 0 Å². The monoisotopic (exact) mass is 297 g/mol. The zero-order valence-electron chi connectivity index (χ0n) is 12.7. The van der Waals surface area contributed by atoms with Crippen molar-refractivity contribution in [2.45, 2.75) is 63.5 Å². The van der Waals surface area contributed by atoms with Crippen LogP contribution >= 0.6 is 0 Å². The Balaban J connectivity index is 2.18. The molecule has 0 aromatic heterocycles. The van der Waals surface area contributed by atoms with Crippen molar-refractivity contribution in [2.75, 3.05) is 6.61 Å². The van der Waals surface area contributed by atoms with Crippen LogP contribution in [0.15, 0.2) is 18.2 Å². The second-order valence-corrected chi connectivity index (χ2v) is 5.94. The smallest absolute Gasteiger partial charge is 0.162 e. The Morgan fingerprint density at radius 2 is 1.86 bits per heavy atom. The van der Waals surface area contributed by atoms with E-state index in [9.17, 15) is 8.78 Å².